The molecule has 3 N–H and O–H groups in total. The molecular formula is C11H8BrNO5S2. The molecule has 0 spiro atoms. The summed E-state index contributed by atoms with van der Waals surface area (Å²) in [5.41, 5.74) is -0.219. The highest BCUT2D eigenvalue weighted by molar-refractivity contribution is 9.11. The standard InChI is InChI=1S/C11H8BrNO5S2/c12-9-3-4-10(19-9)20(17,18)13-6-1-2-7(11(15)16)8(14)5-6/h1-5,13-14H,(H,15,16). The Morgan fingerprint density at radius 1 is 1.25 bits per heavy atom. The fourth-order valence-electron chi connectivity index (χ4n) is 1.42. The van der Waals surface area contributed by atoms with Crippen LogP contribution in [0.5, 0.6) is 5.75 Å². The van der Waals surface area contributed by atoms with E-state index in [9.17, 15) is 18.3 Å². The van der Waals surface area contributed by atoms with Gasteiger partial charge in [0.15, 0.2) is 0 Å². The van der Waals surface area contributed by atoms with Crippen molar-refractivity contribution in [1.82, 2.24) is 0 Å². The second kappa shape index (κ2) is 5.43. The fraction of sp³-hybridized carbons (Fsp3) is 0. The average Bonchev–Trinajstić information content (AvgIpc) is 2.75. The van der Waals surface area contributed by atoms with Gasteiger partial charge in [0.05, 0.1) is 9.47 Å². The SMILES string of the molecule is O=C(O)c1ccc(NS(=O)(=O)c2ccc(Br)s2)cc1O. The van der Waals surface area contributed by atoms with E-state index in [2.05, 4.69) is 20.7 Å². The summed E-state index contributed by atoms with van der Waals surface area (Å²) >= 11 is 4.20. The minimum Gasteiger partial charge on any atom is -0.507 e. The lowest BCUT2D eigenvalue weighted by atomic mass is 10.2. The number of carboxylic acid groups (broad SMARTS) is 1. The van der Waals surface area contributed by atoms with Gasteiger partial charge in [-0.2, -0.15) is 0 Å². The number of rotatable bonds is 4. The zero-order valence-electron chi connectivity index (χ0n) is 9.70. The zero-order chi connectivity index (χ0) is 14.9. The van der Waals surface area contributed by atoms with Crippen molar-refractivity contribution < 1.29 is 23.4 Å². The van der Waals surface area contributed by atoms with Gasteiger partial charge in [-0.15, -0.1) is 11.3 Å². The first-order valence-electron chi connectivity index (χ1n) is 5.14. The van der Waals surface area contributed by atoms with Crippen LogP contribution in [0.15, 0.2) is 38.3 Å². The number of aromatic carboxylic acids is 1. The van der Waals surface area contributed by atoms with Crippen LogP contribution in [-0.4, -0.2) is 24.6 Å². The van der Waals surface area contributed by atoms with Gasteiger partial charge in [0.2, 0.25) is 0 Å². The Kier molecular flexibility index (Phi) is 4.02. The Bertz CT molecular complexity index is 769. The van der Waals surface area contributed by atoms with Crippen molar-refractivity contribution >= 4 is 48.9 Å². The van der Waals surface area contributed by atoms with E-state index >= 15 is 0 Å². The second-order valence-corrected chi connectivity index (χ2v) is 8.07. The number of thiophene rings is 1. The topological polar surface area (TPSA) is 104 Å². The first kappa shape index (κ1) is 14.8. The van der Waals surface area contributed by atoms with E-state index < -0.39 is 21.7 Å². The average molecular weight is 378 g/mol. The first-order valence-corrected chi connectivity index (χ1v) is 8.23. The maximum Gasteiger partial charge on any atom is 0.339 e. The van der Waals surface area contributed by atoms with Crippen molar-refractivity contribution in [1.29, 1.82) is 0 Å². The summed E-state index contributed by atoms with van der Waals surface area (Å²) in [4.78, 5) is 10.7. The number of carboxylic acids is 1. The van der Waals surface area contributed by atoms with E-state index in [1.54, 1.807) is 6.07 Å². The van der Waals surface area contributed by atoms with Gasteiger partial charge in [-0.25, -0.2) is 13.2 Å². The summed E-state index contributed by atoms with van der Waals surface area (Å²) in [7, 11) is -3.76. The van der Waals surface area contributed by atoms with Crippen molar-refractivity contribution in [3.05, 3.63) is 39.7 Å². The molecule has 2 aromatic rings. The molecular weight excluding hydrogens is 370 g/mol. The predicted molar refractivity (Wildman–Crippen MR) is 77.9 cm³/mol. The lowest BCUT2D eigenvalue weighted by Crippen LogP contribution is -2.11. The van der Waals surface area contributed by atoms with Crippen molar-refractivity contribution in [2.45, 2.75) is 4.21 Å². The molecule has 0 bridgehead atoms. The maximum absolute atomic E-state index is 12.0. The van der Waals surface area contributed by atoms with E-state index in [4.69, 9.17) is 5.11 Å². The van der Waals surface area contributed by atoms with Gasteiger partial charge in [-0.05, 0) is 40.2 Å². The highest BCUT2D eigenvalue weighted by Gasteiger charge is 2.18. The fourth-order valence-corrected chi connectivity index (χ4v) is 4.48. The lowest BCUT2D eigenvalue weighted by molar-refractivity contribution is 0.0694. The number of hydrogen-bond donors (Lipinski definition) is 3. The molecule has 6 nitrogen and oxygen atoms in total. The van der Waals surface area contributed by atoms with Crippen molar-refractivity contribution in [2.75, 3.05) is 4.72 Å². The van der Waals surface area contributed by atoms with Crippen LogP contribution in [0.2, 0.25) is 0 Å². The molecule has 0 saturated carbocycles. The number of sulfonamides is 1. The smallest absolute Gasteiger partial charge is 0.339 e. The quantitative estimate of drug-likeness (QED) is 0.759. The molecule has 1 aromatic heterocycles. The Hall–Kier alpha value is -1.58. The Morgan fingerprint density at radius 2 is 1.95 bits per heavy atom. The zero-order valence-corrected chi connectivity index (χ0v) is 12.9. The van der Waals surface area contributed by atoms with E-state index in [1.165, 1.54) is 12.1 Å². The van der Waals surface area contributed by atoms with Crippen LogP contribution in [0.4, 0.5) is 5.69 Å². The van der Waals surface area contributed by atoms with E-state index in [0.29, 0.717) is 3.79 Å². The number of halogens is 1. The molecule has 9 heteroatoms. The third kappa shape index (κ3) is 3.11. The molecule has 0 aliphatic carbocycles. The van der Waals surface area contributed by atoms with Gasteiger partial charge in [-0.3, -0.25) is 4.72 Å². The highest BCUT2D eigenvalue weighted by Crippen LogP contribution is 2.29. The maximum atomic E-state index is 12.0. The lowest BCUT2D eigenvalue weighted by Gasteiger charge is -2.07. The summed E-state index contributed by atoms with van der Waals surface area (Å²) in [5, 5.41) is 18.3. The number of aromatic hydroxyl groups is 1. The predicted octanol–water partition coefficient (Wildman–Crippen LogP) is 2.72. The molecule has 0 amide bonds. The summed E-state index contributed by atoms with van der Waals surface area (Å²) in [5.74, 6) is -1.80. The van der Waals surface area contributed by atoms with Gasteiger partial charge in [0.1, 0.15) is 15.5 Å². The number of carbonyl (C=O) groups is 1. The second-order valence-electron chi connectivity index (χ2n) is 3.70. The molecule has 0 unspecified atom stereocenters. The van der Waals surface area contributed by atoms with E-state index in [1.807, 2.05) is 0 Å². The number of phenols is 1. The van der Waals surface area contributed by atoms with Crippen LogP contribution >= 0.6 is 27.3 Å². The summed E-state index contributed by atoms with van der Waals surface area (Å²) < 4.78 is 27.1. The summed E-state index contributed by atoms with van der Waals surface area (Å²) in [6.45, 7) is 0. The largest absolute Gasteiger partial charge is 0.507 e. The van der Waals surface area contributed by atoms with Crippen molar-refractivity contribution in [3.8, 4) is 5.75 Å². The minimum absolute atomic E-state index is 0.0806. The van der Waals surface area contributed by atoms with Gasteiger partial charge in [0, 0.05) is 6.07 Å². The summed E-state index contributed by atoms with van der Waals surface area (Å²) in [6, 6.07) is 6.47. The molecule has 1 heterocycles. The van der Waals surface area contributed by atoms with Crippen LogP contribution in [0, 0.1) is 0 Å². The first-order chi connectivity index (χ1) is 9.29. The number of hydrogen-bond acceptors (Lipinski definition) is 5. The highest BCUT2D eigenvalue weighted by atomic mass is 79.9. The molecule has 2 rings (SSSR count). The molecule has 0 aliphatic rings. The van der Waals surface area contributed by atoms with Crippen molar-refractivity contribution in [2.24, 2.45) is 0 Å². The van der Waals surface area contributed by atoms with Crippen molar-refractivity contribution in [3.63, 3.8) is 0 Å². The van der Waals surface area contributed by atoms with Crippen LogP contribution in [-0.2, 0) is 10.0 Å². The normalized spacial score (nSPS) is 11.2. The molecule has 0 saturated heterocycles. The number of anilines is 1. The monoisotopic (exact) mass is 377 g/mol. The third-order valence-electron chi connectivity index (χ3n) is 2.29. The molecule has 0 aliphatic heterocycles. The number of nitrogens with one attached hydrogen (secondary N) is 1. The van der Waals surface area contributed by atoms with Crippen LogP contribution in [0.25, 0.3) is 0 Å². The van der Waals surface area contributed by atoms with Gasteiger partial charge in [-0.1, -0.05) is 0 Å². The molecule has 106 valence electrons. The van der Waals surface area contributed by atoms with Crippen LogP contribution < -0.4 is 4.72 Å². The van der Waals surface area contributed by atoms with Gasteiger partial charge < -0.3 is 10.2 Å². The minimum atomic E-state index is -3.76. The number of benzene rings is 1. The van der Waals surface area contributed by atoms with Gasteiger partial charge in [0.25, 0.3) is 10.0 Å². The molecule has 20 heavy (non-hydrogen) atoms. The molecule has 0 atom stereocenters. The van der Waals surface area contributed by atoms with Gasteiger partial charge >= 0.3 is 5.97 Å². The Balaban J connectivity index is 2.30. The Morgan fingerprint density at radius 3 is 2.45 bits per heavy atom. The third-order valence-corrected chi connectivity index (χ3v) is 5.79. The summed E-state index contributed by atoms with van der Waals surface area (Å²) in [6.07, 6.45) is 0. The van der Waals surface area contributed by atoms with Crippen LogP contribution in [0.1, 0.15) is 10.4 Å². The van der Waals surface area contributed by atoms with E-state index in [-0.39, 0.29) is 15.5 Å². The molecule has 1 aromatic carbocycles. The molecule has 0 fully saturated rings. The Labute approximate surface area is 126 Å². The van der Waals surface area contributed by atoms with E-state index in [0.717, 1.165) is 23.5 Å². The van der Waals surface area contributed by atoms with Crippen LogP contribution in [0.3, 0.4) is 0 Å². The molecule has 0 radical (unpaired) electrons.